The molecule has 1 aliphatic carbocycles. The highest BCUT2D eigenvalue weighted by Gasteiger charge is 2.22. The molecule has 0 aromatic rings. The molecule has 0 radical (unpaired) electrons. The number of rotatable bonds is 3. The first-order valence-corrected chi connectivity index (χ1v) is 5.67. The molecule has 82 valence electrons. The summed E-state index contributed by atoms with van der Waals surface area (Å²) in [5.41, 5.74) is 5.50. The molecule has 3 nitrogen and oxygen atoms in total. The van der Waals surface area contributed by atoms with Crippen molar-refractivity contribution in [3.8, 4) is 0 Å². The van der Waals surface area contributed by atoms with Crippen molar-refractivity contribution in [2.24, 2.45) is 11.7 Å². The van der Waals surface area contributed by atoms with Crippen LogP contribution in [0.15, 0.2) is 0 Å². The smallest absolute Gasteiger partial charge is 0.236 e. The molecule has 3 N–H and O–H groups in total. The van der Waals surface area contributed by atoms with Crippen molar-refractivity contribution in [1.82, 2.24) is 5.32 Å². The third-order valence-corrected chi connectivity index (χ3v) is 3.14. The van der Waals surface area contributed by atoms with Crippen molar-refractivity contribution >= 4 is 5.91 Å². The monoisotopic (exact) mass is 198 g/mol. The molecule has 3 heteroatoms. The summed E-state index contributed by atoms with van der Waals surface area (Å²) in [6.45, 7) is 3.82. The second-order valence-electron chi connectivity index (χ2n) is 4.48. The number of carbonyl (C=O) groups excluding carboxylic acids is 1. The molecule has 1 fully saturated rings. The van der Waals surface area contributed by atoms with Crippen LogP contribution in [0.3, 0.4) is 0 Å². The zero-order chi connectivity index (χ0) is 10.6. The Morgan fingerprint density at radius 3 is 2.36 bits per heavy atom. The maximum absolute atomic E-state index is 11.4. The van der Waals surface area contributed by atoms with E-state index in [0.29, 0.717) is 5.92 Å². The Morgan fingerprint density at radius 2 is 1.86 bits per heavy atom. The van der Waals surface area contributed by atoms with Gasteiger partial charge in [-0.05, 0) is 32.6 Å². The highest BCUT2D eigenvalue weighted by molar-refractivity contribution is 5.81. The fraction of sp³-hybridized carbons (Fsp3) is 0.909. The highest BCUT2D eigenvalue weighted by atomic mass is 16.2. The zero-order valence-corrected chi connectivity index (χ0v) is 9.25. The van der Waals surface area contributed by atoms with Crippen molar-refractivity contribution in [2.45, 2.75) is 58.0 Å². The van der Waals surface area contributed by atoms with E-state index >= 15 is 0 Å². The number of hydrogen-bond acceptors (Lipinski definition) is 2. The zero-order valence-electron chi connectivity index (χ0n) is 9.25. The van der Waals surface area contributed by atoms with Crippen LogP contribution in [0.4, 0.5) is 0 Å². The van der Waals surface area contributed by atoms with Gasteiger partial charge in [-0.2, -0.15) is 0 Å². The van der Waals surface area contributed by atoms with Gasteiger partial charge in [0, 0.05) is 6.04 Å². The first kappa shape index (κ1) is 11.5. The number of amides is 1. The van der Waals surface area contributed by atoms with Gasteiger partial charge in [0.1, 0.15) is 0 Å². The van der Waals surface area contributed by atoms with E-state index in [-0.39, 0.29) is 18.0 Å². The largest absolute Gasteiger partial charge is 0.352 e. The maximum Gasteiger partial charge on any atom is 0.236 e. The molecular formula is C11H22N2O. The van der Waals surface area contributed by atoms with Crippen LogP contribution in [0.1, 0.15) is 46.0 Å². The van der Waals surface area contributed by atoms with E-state index in [1.165, 1.54) is 32.1 Å². The Kier molecular flexibility index (Phi) is 4.39. The van der Waals surface area contributed by atoms with Crippen LogP contribution < -0.4 is 11.1 Å². The van der Waals surface area contributed by atoms with Crippen LogP contribution in [0.2, 0.25) is 0 Å². The van der Waals surface area contributed by atoms with Gasteiger partial charge in [0.25, 0.3) is 0 Å². The van der Waals surface area contributed by atoms with Crippen LogP contribution in [0.5, 0.6) is 0 Å². The summed E-state index contributed by atoms with van der Waals surface area (Å²) in [5, 5.41) is 2.99. The molecule has 0 heterocycles. The number of carbonyl (C=O) groups is 1. The van der Waals surface area contributed by atoms with Crippen molar-refractivity contribution < 1.29 is 4.79 Å². The van der Waals surface area contributed by atoms with Gasteiger partial charge in [-0.25, -0.2) is 0 Å². The second kappa shape index (κ2) is 5.35. The summed E-state index contributed by atoms with van der Waals surface area (Å²) in [6.07, 6.45) is 6.47. The van der Waals surface area contributed by atoms with Gasteiger partial charge >= 0.3 is 0 Å². The molecular weight excluding hydrogens is 176 g/mol. The molecule has 1 aliphatic rings. The topological polar surface area (TPSA) is 55.1 Å². The highest BCUT2D eigenvalue weighted by Crippen LogP contribution is 2.26. The molecule has 0 saturated heterocycles. The first-order valence-electron chi connectivity index (χ1n) is 5.67. The summed E-state index contributed by atoms with van der Waals surface area (Å²) in [7, 11) is 0. The molecule has 0 spiro atoms. The van der Waals surface area contributed by atoms with Gasteiger partial charge in [-0.3, -0.25) is 4.79 Å². The van der Waals surface area contributed by atoms with Gasteiger partial charge in [-0.15, -0.1) is 0 Å². The fourth-order valence-corrected chi connectivity index (χ4v) is 2.11. The van der Waals surface area contributed by atoms with Crippen LogP contribution in [-0.2, 0) is 4.79 Å². The van der Waals surface area contributed by atoms with Crippen LogP contribution in [-0.4, -0.2) is 18.0 Å². The summed E-state index contributed by atoms with van der Waals surface area (Å²) in [6, 6.07) is -0.102. The van der Waals surface area contributed by atoms with E-state index < -0.39 is 0 Å². The van der Waals surface area contributed by atoms with Crippen LogP contribution in [0.25, 0.3) is 0 Å². The van der Waals surface area contributed by atoms with E-state index in [1.54, 1.807) is 6.92 Å². The average molecular weight is 198 g/mol. The SMILES string of the molecule is CC(NC(=O)[C@H](C)N)C1CCCCC1. The van der Waals surface area contributed by atoms with Crippen LogP contribution in [0, 0.1) is 5.92 Å². The predicted molar refractivity (Wildman–Crippen MR) is 57.8 cm³/mol. The van der Waals surface area contributed by atoms with Gasteiger partial charge in [-0.1, -0.05) is 19.3 Å². The normalized spacial score (nSPS) is 22.8. The molecule has 14 heavy (non-hydrogen) atoms. The minimum atomic E-state index is -0.388. The molecule has 1 rings (SSSR count). The lowest BCUT2D eigenvalue weighted by Gasteiger charge is -2.28. The van der Waals surface area contributed by atoms with Gasteiger partial charge in [0.05, 0.1) is 6.04 Å². The van der Waals surface area contributed by atoms with Crippen molar-refractivity contribution in [3.05, 3.63) is 0 Å². The Labute approximate surface area is 86.4 Å². The van der Waals surface area contributed by atoms with Gasteiger partial charge in [0.2, 0.25) is 5.91 Å². The lowest BCUT2D eigenvalue weighted by atomic mass is 9.84. The minimum absolute atomic E-state index is 0.0249. The second-order valence-corrected chi connectivity index (χ2v) is 4.48. The van der Waals surface area contributed by atoms with E-state index in [0.717, 1.165) is 0 Å². The van der Waals surface area contributed by atoms with Crippen molar-refractivity contribution in [3.63, 3.8) is 0 Å². The molecule has 2 atom stereocenters. The summed E-state index contributed by atoms with van der Waals surface area (Å²) in [4.78, 5) is 11.4. The Morgan fingerprint density at radius 1 is 1.29 bits per heavy atom. The fourth-order valence-electron chi connectivity index (χ4n) is 2.11. The van der Waals surface area contributed by atoms with Gasteiger partial charge in [0.15, 0.2) is 0 Å². The van der Waals surface area contributed by atoms with E-state index in [1.807, 2.05) is 0 Å². The third kappa shape index (κ3) is 3.29. The van der Waals surface area contributed by atoms with Crippen LogP contribution >= 0.6 is 0 Å². The lowest BCUT2D eigenvalue weighted by molar-refractivity contribution is -0.123. The molecule has 0 aromatic carbocycles. The standard InChI is InChI=1S/C11H22N2O/c1-8(12)11(14)13-9(2)10-6-4-3-5-7-10/h8-10H,3-7,12H2,1-2H3,(H,13,14)/t8-,9?/m0/s1. The Bertz CT molecular complexity index is 186. The number of nitrogens with one attached hydrogen (secondary N) is 1. The summed E-state index contributed by atoms with van der Waals surface area (Å²) in [5.74, 6) is 0.634. The van der Waals surface area contributed by atoms with Crippen molar-refractivity contribution in [2.75, 3.05) is 0 Å². The van der Waals surface area contributed by atoms with Crippen molar-refractivity contribution in [1.29, 1.82) is 0 Å². The lowest BCUT2D eigenvalue weighted by Crippen LogP contribution is -2.45. The third-order valence-electron chi connectivity index (χ3n) is 3.14. The quantitative estimate of drug-likeness (QED) is 0.720. The molecule has 0 bridgehead atoms. The van der Waals surface area contributed by atoms with E-state index in [2.05, 4.69) is 12.2 Å². The number of hydrogen-bond donors (Lipinski definition) is 2. The van der Waals surface area contributed by atoms with E-state index in [4.69, 9.17) is 5.73 Å². The maximum atomic E-state index is 11.4. The minimum Gasteiger partial charge on any atom is -0.352 e. The average Bonchev–Trinajstić information content (AvgIpc) is 2.19. The number of nitrogens with two attached hydrogens (primary N) is 1. The molecule has 1 saturated carbocycles. The van der Waals surface area contributed by atoms with E-state index in [9.17, 15) is 4.79 Å². The molecule has 1 amide bonds. The molecule has 1 unspecified atom stereocenters. The Balaban J connectivity index is 2.32. The van der Waals surface area contributed by atoms with Gasteiger partial charge < -0.3 is 11.1 Å². The predicted octanol–water partition coefficient (Wildman–Crippen LogP) is 1.42. The molecule has 0 aliphatic heterocycles. The Hall–Kier alpha value is -0.570. The first-order chi connectivity index (χ1) is 6.61. The summed E-state index contributed by atoms with van der Waals surface area (Å²) >= 11 is 0. The molecule has 0 aromatic heterocycles. The summed E-state index contributed by atoms with van der Waals surface area (Å²) < 4.78 is 0.